The first-order valence-corrected chi connectivity index (χ1v) is 9.19. The van der Waals surface area contributed by atoms with Gasteiger partial charge in [0.05, 0.1) is 29.0 Å². The normalized spacial score (nSPS) is 22.4. The van der Waals surface area contributed by atoms with Gasteiger partial charge in [-0.05, 0) is 43.7 Å². The van der Waals surface area contributed by atoms with Crippen molar-refractivity contribution in [3.63, 3.8) is 0 Å². The second-order valence-electron chi connectivity index (χ2n) is 7.29. The van der Waals surface area contributed by atoms with E-state index in [1.54, 1.807) is 6.08 Å². The molecule has 2 aliphatic rings. The summed E-state index contributed by atoms with van der Waals surface area (Å²) in [5.41, 5.74) is 4.19. The largest absolute Gasteiger partial charge is 0.269 e. The van der Waals surface area contributed by atoms with Crippen molar-refractivity contribution in [2.24, 2.45) is 5.92 Å². The topological polar surface area (TPSA) is 67.4 Å². The zero-order chi connectivity index (χ0) is 17.5. The molecule has 2 aliphatic carbocycles. The van der Waals surface area contributed by atoms with E-state index < -0.39 is 0 Å². The molecule has 0 bridgehead atoms. The van der Waals surface area contributed by atoms with Crippen LogP contribution in [0, 0.1) is 17.2 Å². The molecule has 0 N–H and O–H groups in total. The first-order valence-electron chi connectivity index (χ1n) is 9.19. The van der Waals surface area contributed by atoms with Gasteiger partial charge < -0.3 is 0 Å². The Labute approximate surface area is 152 Å². The van der Waals surface area contributed by atoms with Crippen LogP contribution < -0.4 is 0 Å². The predicted molar refractivity (Wildman–Crippen MR) is 99.2 cm³/mol. The van der Waals surface area contributed by atoms with Gasteiger partial charge in [-0.1, -0.05) is 12.1 Å². The molecule has 0 spiro atoms. The Morgan fingerprint density at radius 3 is 2.85 bits per heavy atom. The number of fused-ring (bicyclic) bond motifs is 1. The second-order valence-corrected chi connectivity index (χ2v) is 7.29. The Kier molecular flexibility index (Phi) is 3.56. The highest BCUT2D eigenvalue weighted by Crippen LogP contribution is 2.46. The third-order valence-electron chi connectivity index (χ3n) is 5.47. The monoisotopic (exact) mass is 341 g/mol. The van der Waals surface area contributed by atoms with Crippen LogP contribution in [0.15, 0.2) is 48.9 Å². The van der Waals surface area contributed by atoms with E-state index in [4.69, 9.17) is 10.4 Å². The van der Waals surface area contributed by atoms with Crippen LogP contribution in [-0.2, 0) is 0 Å². The molecule has 0 aliphatic heterocycles. The molecule has 3 aromatic heterocycles. The van der Waals surface area contributed by atoms with Crippen LogP contribution in [0.5, 0.6) is 0 Å². The third kappa shape index (κ3) is 2.59. The molecule has 2 saturated carbocycles. The minimum atomic E-state index is 0.414. The lowest BCUT2D eigenvalue weighted by molar-refractivity contribution is 0.223. The lowest BCUT2D eigenvalue weighted by atomic mass is 9.80. The molecule has 26 heavy (non-hydrogen) atoms. The average Bonchev–Trinajstić information content (AvgIpc) is 3.40. The van der Waals surface area contributed by atoms with Crippen molar-refractivity contribution in [2.75, 3.05) is 0 Å². The van der Waals surface area contributed by atoms with Gasteiger partial charge in [0, 0.05) is 41.5 Å². The Hall–Kier alpha value is -3.00. The fourth-order valence-corrected chi connectivity index (χ4v) is 3.82. The SMILES string of the molecule is N#C/C=C/[C@H]1C[C@H](n2cc(-c3nccc4cccnc34)c(C3CC3)n2)C1. The van der Waals surface area contributed by atoms with Crippen molar-refractivity contribution in [2.45, 2.75) is 37.6 Å². The zero-order valence-electron chi connectivity index (χ0n) is 14.4. The molecule has 0 radical (unpaired) electrons. The van der Waals surface area contributed by atoms with E-state index in [9.17, 15) is 0 Å². The zero-order valence-corrected chi connectivity index (χ0v) is 14.4. The fraction of sp³-hybridized carbons (Fsp3) is 0.333. The Morgan fingerprint density at radius 2 is 2.04 bits per heavy atom. The molecule has 2 fully saturated rings. The Morgan fingerprint density at radius 1 is 1.15 bits per heavy atom. The fourth-order valence-electron chi connectivity index (χ4n) is 3.82. The minimum Gasteiger partial charge on any atom is -0.269 e. The Bertz CT molecular complexity index is 1030. The van der Waals surface area contributed by atoms with Gasteiger partial charge in [-0.15, -0.1) is 0 Å². The van der Waals surface area contributed by atoms with Crippen LogP contribution in [0.4, 0.5) is 0 Å². The van der Waals surface area contributed by atoms with Crippen LogP contribution in [-0.4, -0.2) is 19.7 Å². The van der Waals surface area contributed by atoms with Crippen molar-refractivity contribution >= 4 is 10.9 Å². The molecule has 128 valence electrons. The maximum atomic E-state index is 8.67. The van der Waals surface area contributed by atoms with Crippen LogP contribution in [0.3, 0.4) is 0 Å². The first kappa shape index (κ1) is 15.3. The lowest BCUT2D eigenvalue weighted by Crippen LogP contribution is -2.25. The molecule has 3 heterocycles. The Balaban J connectivity index is 1.52. The number of rotatable bonds is 4. The van der Waals surface area contributed by atoms with E-state index in [-0.39, 0.29) is 0 Å². The van der Waals surface area contributed by atoms with Gasteiger partial charge in [0.1, 0.15) is 0 Å². The van der Waals surface area contributed by atoms with E-state index in [1.165, 1.54) is 18.5 Å². The van der Waals surface area contributed by atoms with Gasteiger partial charge >= 0.3 is 0 Å². The number of allylic oxidation sites excluding steroid dienone is 2. The van der Waals surface area contributed by atoms with Gasteiger partial charge in [-0.3, -0.25) is 14.6 Å². The predicted octanol–water partition coefficient (Wildman–Crippen LogP) is 4.40. The van der Waals surface area contributed by atoms with Gasteiger partial charge in [0.15, 0.2) is 0 Å². The van der Waals surface area contributed by atoms with Crippen LogP contribution >= 0.6 is 0 Å². The molecule has 0 atom stereocenters. The van der Waals surface area contributed by atoms with Crippen molar-refractivity contribution in [1.82, 2.24) is 19.7 Å². The summed E-state index contributed by atoms with van der Waals surface area (Å²) in [5.74, 6) is 1.05. The average molecular weight is 341 g/mol. The number of hydrogen-bond donors (Lipinski definition) is 0. The number of pyridine rings is 2. The number of hydrogen-bond acceptors (Lipinski definition) is 4. The van der Waals surface area contributed by atoms with Crippen molar-refractivity contribution < 1.29 is 0 Å². The molecule has 0 saturated heterocycles. The summed E-state index contributed by atoms with van der Waals surface area (Å²) in [6.07, 6.45) is 14.0. The highest BCUT2D eigenvalue weighted by Gasteiger charge is 2.34. The van der Waals surface area contributed by atoms with Crippen LogP contribution in [0.2, 0.25) is 0 Å². The number of nitrogens with zero attached hydrogens (tertiary/aromatic N) is 5. The summed E-state index contributed by atoms with van der Waals surface area (Å²) in [4.78, 5) is 9.23. The van der Waals surface area contributed by atoms with Gasteiger partial charge in [-0.25, -0.2) is 0 Å². The first-order chi connectivity index (χ1) is 12.8. The molecule has 5 nitrogen and oxygen atoms in total. The molecule has 5 heteroatoms. The standard InChI is InChI=1S/C21H19N5/c22-8-1-3-14-11-17(12-14)26-13-18(19(25-26)16-5-6-16)21-20-15(7-10-24-21)4-2-9-23-20/h1-4,7,9-10,13-14,16-17H,5-6,11-12H2/b3-1+/t14-,17-. The van der Waals surface area contributed by atoms with E-state index in [1.807, 2.05) is 30.6 Å². The summed E-state index contributed by atoms with van der Waals surface area (Å²) in [7, 11) is 0. The molecular formula is C21H19N5. The van der Waals surface area contributed by atoms with E-state index in [2.05, 4.69) is 33.0 Å². The van der Waals surface area contributed by atoms with E-state index in [0.29, 0.717) is 17.9 Å². The number of nitriles is 1. The third-order valence-corrected chi connectivity index (χ3v) is 5.47. The summed E-state index contributed by atoms with van der Waals surface area (Å²) < 4.78 is 2.13. The molecule has 5 rings (SSSR count). The number of aromatic nitrogens is 4. The quantitative estimate of drug-likeness (QED) is 0.660. The minimum absolute atomic E-state index is 0.414. The van der Waals surface area contributed by atoms with Crippen molar-refractivity contribution in [3.8, 4) is 17.3 Å². The summed E-state index contributed by atoms with van der Waals surface area (Å²) in [5, 5.41) is 14.7. The van der Waals surface area contributed by atoms with Crippen LogP contribution in [0.25, 0.3) is 22.2 Å². The highest BCUT2D eigenvalue weighted by molar-refractivity contribution is 5.91. The summed E-state index contributed by atoms with van der Waals surface area (Å²) in [6, 6.07) is 8.53. The highest BCUT2D eigenvalue weighted by atomic mass is 15.3. The van der Waals surface area contributed by atoms with E-state index >= 15 is 0 Å². The van der Waals surface area contributed by atoms with Gasteiger partial charge in [-0.2, -0.15) is 10.4 Å². The smallest absolute Gasteiger partial charge is 0.0999 e. The molecule has 0 amide bonds. The van der Waals surface area contributed by atoms with Crippen molar-refractivity contribution in [3.05, 3.63) is 54.6 Å². The van der Waals surface area contributed by atoms with Gasteiger partial charge in [0.2, 0.25) is 0 Å². The summed E-state index contributed by atoms with van der Waals surface area (Å²) in [6.45, 7) is 0. The summed E-state index contributed by atoms with van der Waals surface area (Å²) >= 11 is 0. The maximum Gasteiger partial charge on any atom is 0.0999 e. The molecule has 0 unspecified atom stereocenters. The molecule has 3 aromatic rings. The van der Waals surface area contributed by atoms with Gasteiger partial charge in [0.25, 0.3) is 0 Å². The molecule has 0 aromatic carbocycles. The van der Waals surface area contributed by atoms with Crippen molar-refractivity contribution in [1.29, 1.82) is 5.26 Å². The maximum absolute atomic E-state index is 8.67. The molecular weight excluding hydrogens is 322 g/mol. The lowest BCUT2D eigenvalue weighted by Gasteiger charge is -2.33. The second kappa shape index (κ2) is 6.06. The van der Waals surface area contributed by atoms with E-state index in [0.717, 1.165) is 35.0 Å². The van der Waals surface area contributed by atoms with Crippen LogP contribution in [0.1, 0.15) is 43.3 Å².